The molecule has 0 aliphatic heterocycles. The van der Waals surface area contributed by atoms with Gasteiger partial charge in [0.25, 0.3) is 0 Å². The third-order valence-corrected chi connectivity index (χ3v) is 2.07. The summed E-state index contributed by atoms with van der Waals surface area (Å²) in [6.45, 7) is 2.05. The summed E-state index contributed by atoms with van der Waals surface area (Å²) in [5.74, 6) is 6.00. The van der Waals surface area contributed by atoms with Gasteiger partial charge >= 0.3 is 0 Å². The summed E-state index contributed by atoms with van der Waals surface area (Å²) in [6, 6.07) is 9.94. The molecule has 0 aliphatic carbocycles. The Hall–Kier alpha value is -1.61. The molecule has 1 heterocycles. The highest BCUT2D eigenvalue weighted by Crippen LogP contribution is 2.18. The molecular formula is C10H11N3. The largest absolute Gasteiger partial charge is 0.308 e. The summed E-state index contributed by atoms with van der Waals surface area (Å²) in [5, 5.41) is 1.17. The van der Waals surface area contributed by atoms with Crippen molar-refractivity contribution in [3.63, 3.8) is 0 Å². The van der Waals surface area contributed by atoms with Gasteiger partial charge in [0.2, 0.25) is 0 Å². The molecule has 0 atom stereocenters. The Morgan fingerprint density at radius 2 is 2.08 bits per heavy atom. The predicted molar refractivity (Wildman–Crippen MR) is 54.3 cm³/mol. The molecule has 0 spiro atoms. The average Bonchev–Trinajstić information content (AvgIpc) is 2.18. The van der Waals surface area contributed by atoms with E-state index in [-0.39, 0.29) is 0 Å². The van der Waals surface area contributed by atoms with Crippen molar-refractivity contribution in [1.29, 1.82) is 0 Å². The van der Waals surface area contributed by atoms with Crippen molar-refractivity contribution >= 4 is 16.7 Å². The first-order chi connectivity index (χ1) is 6.31. The molecule has 3 nitrogen and oxygen atoms in total. The second-order valence-electron chi connectivity index (χ2n) is 2.99. The number of nitrogens with zero attached hydrogens (tertiary/aromatic N) is 1. The lowest BCUT2D eigenvalue weighted by Gasteiger charge is -2.04. The number of aromatic nitrogens is 1. The fourth-order valence-electron chi connectivity index (χ4n) is 1.42. The van der Waals surface area contributed by atoms with Crippen LogP contribution in [0.1, 0.15) is 5.56 Å². The van der Waals surface area contributed by atoms with Crippen LogP contribution >= 0.6 is 0 Å². The number of aryl methyl sites for hydroxylation is 1. The Morgan fingerprint density at radius 3 is 2.85 bits per heavy atom. The van der Waals surface area contributed by atoms with Crippen LogP contribution in [0.2, 0.25) is 0 Å². The highest BCUT2D eigenvalue weighted by Gasteiger charge is 1.99. The number of hydrazine groups is 1. The fraction of sp³-hybridized carbons (Fsp3) is 0.100. The number of hydrogen-bond donors (Lipinski definition) is 2. The van der Waals surface area contributed by atoms with Gasteiger partial charge in [-0.1, -0.05) is 18.2 Å². The number of hydrogen-bond acceptors (Lipinski definition) is 3. The van der Waals surface area contributed by atoms with Crippen LogP contribution in [-0.2, 0) is 0 Å². The van der Waals surface area contributed by atoms with E-state index in [0.717, 1.165) is 5.52 Å². The second-order valence-corrected chi connectivity index (χ2v) is 2.99. The monoisotopic (exact) mass is 173 g/mol. The number of fused-ring (bicyclic) bond motifs is 1. The Kier molecular flexibility index (Phi) is 1.87. The molecular weight excluding hydrogens is 162 g/mol. The first-order valence-electron chi connectivity index (χ1n) is 4.14. The summed E-state index contributed by atoms with van der Waals surface area (Å²) in [7, 11) is 0. The van der Waals surface area contributed by atoms with Crippen LogP contribution in [0.5, 0.6) is 0 Å². The molecule has 0 aliphatic rings. The smallest absolute Gasteiger partial charge is 0.140 e. The maximum Gasteiger partial charge on any atom is 0.140 e. The standard InChI is InChI=1S/C10H11N3/c1-7-6-10(13-11)12-9-5-3-2-4-8(7)9/h2-6H,11H2,1H3,(H,12,13). The summed E-state index contributed by atoms with van der Waals surface area (Å²) in [6.07, 6.45) is 0. The van der Waals surface area contributed by atoms with Gasteiger partial charge in [0.1, 0.15) is 5.82 Å². The third kappa shape index (κ3) is 1.34. The van der Waals surface area contributed by atoms with E-state index in [4.69, 9.17) is 5.84 Å². The molecule has 0 saturated heterocycles. The number of benzene rings is 1. The minimum absolute atomic E-state index is 0.705. The predicted octanol–water partition coefficient (Wildman–Crippen LogP) is 1.83. The van der Waals surface area contributed by atoms with Gasteiger partial charge in [-0.05, 0) is 24.6 Å². The van der Waals surface area contributed by atoms with Gasteiger partial charge < -0.3 is 5.43 Å². The summed E-state index contributed by atoms with van der Waals surface area (Å²) in [5.41, 5.74) is 4.70. The minimum Gasteiger partial charge on any atom is -0.308 e. The summed E-state index contributed by atoms with van der Waals surface area (Å²) >= 11 is 0. The van der Waals surface area contributed by atoms with E-state index in [1.54, 1.807) is 0 Å². The first-order valence-corrected chi connectivity index (χ1v) is 4.14. The lowest BCUT2D eigenvalue weighted by molar-refractivity contribution is 1.25. The zero-order valence-corrected chi connectivity index (χ0v) is 7.41. The van der Waals surface area contributed by atoms with Crippen molar-refractivity contribution in [2.24, 2.45) is 5.84 Å². The molecule has 1 aromatic heterocycles. The van der Waals surface area contributed by atoms with Gasteiger partial charge in [0.05, 0.1) is 5.52 Å². The summed E-state index contributed by atoms with van der Waals surface area (Å²) < 4.78 is 0. The van der Waals surface area contributed by atoms with Crippen LogP contribution in [0, 0.1) is 6.92 Å². The molecule has 0 unspecified atom stereocenters. The summed E-state index contributed by atoms with van der Waals surface area (Å²) in [4.78, 5) is 4.32. The first kappa shape index (κ1) is 8.01. The number of anilines is 1. The van der Waals surface area contributed by atoms with Crippen LogP contribution in [0.4, 0.5) is 5.82 Å². The molecule has 3 heteroatoms. The molecule has 0 saturated carbocycles. The van der Waals surface area contributed by atoms with Crippen molar-refractivity contribution in [1.82, 2.24) is 4.98 Å². The van der Waals surface area contributed by atoms with E-state index in [0.29, 0.717) is 5.82 Å². The number of rotatable bonds is 1. The van der Waals surface area contributed by atoms with Crippen molar-refractivity contribution in [3.05, 3.63) is 35.9 Å². The zero-order valence-electron chi connectivity index (χ0n) is 7.41. The topological polar surface area (TPSA) is 50.9 Å². The SMILES string of the molecule is Cc1cc(NN)nc2ccccc12. The molecule has 0 amide bonds. The molecule has 1 aromatic carbocycles. The van der Waals surface area contributed by atoms with Gasteiger partial charge in [-0.25, -0.2) is 10.8 Å². The lowest BCUT2D eigenvalue weighted by atomic mass is 10.1. The molecule has 0 fully saturated rings. The van der Waals surface area contributed by atoms with E-state index >= 15 is 0 Å². The Bertz CT molecular complexity index is 437. The Morgan fingerprint density at radius 1 is 1.31 bits per heavy atom. The Balaban J connectivity index is 2.77. The van der Waals surface area contributed by atoms with E-state index in [9.17, 15) is 0 Å². The van der Waals surface area contributed by atoms with Gasteiger partial charge in [0.15, 0.2) is 0 Å². The molecule has 0 radical (unpaired) electrons. The van der Waals surface area contributed by atoms with Gasteiger partial charge in [-0.3, -0.25) is 0 Å². The molecule has 3 N–H and O–H groups in total. The molecule has 13 heavy (non-hydrogen) atoms. The minimum atomic E-state index is 0.705. The fourth-order valence-corrected chi connectivity index (χ4v) is 1.42. The number of para-hydroxylation sites is 1. The van der Waals surface area contributed by atoms with Crippen LogP contribution in [-0.4, -0.2) is 4.98 Å². The van der Waals surface area contributed by atoms with Gasteiger partial charge in [-0.15, -0.1) is 0 Å². The normalized spacial score (nSPS) is 10.3. The number of pyridine rings is 1. The van der Waals surface area contributed by atoms with Crippen LogP contribution in [0.25, 0.3) is 10.9 Å². The second kappa shape index (κ2) is 3.03. The number of nitrogens with two attached hydrogens (primary N) is 1. The lowest BCUT2D eigenvalue weighted by Crippen LogP contribution is -2.08. The van der Waals surface area contributed by atoms with Crippen LogP contribution in [0.3, 0.4) is 0 Å². The van der Waals surface area contributed by atoms with Gasteiger partial charge in [0, 0.05) is 5.39 Å². The van der Waals surface area contributed by atoms with E-state index in [1.165, 1.54) is 10.9 Å². The van der Waals surface area contributed by atoms with E-state index in [1.807, 2.05) is 31.2 Å². The maximum absolute atomic E-state index is 5.30. The molecule has 0 bridgehead atoms. The Labute approximate surface area is 76.6 Å². The van der Waals surface area contributed by atoms with E-state index < -0.39 is 0 Å². The number of nitrogens with one attached hydrogen (secondary N) is 1. The van der Waals surface area contributed by atoms with E-state index in [2.05, 4.69) is 16.5 Å². The highest BCUT2D eigenvalue weighted by molar-refractivity contribution is 5.83. The molecule has 66 valence electrons. The van der Waals surface area contributed by atoms with Crippen molar-refractivity contribution < 1.29 is 0 Å². The quantitative estimate of drug-likeness (QED) is 0.511. The van der Waals surface area contributed by atoms with Crippen molar-refractivity contribution in [2.75, 3.05) is 5.43 Å². The van der Waals surface area contributed by atoms with Crippen molar-refractivity contribution in [3.8, 4) is 0 Å². The molecule has 2 aromatic rings. The highest BCUT2D eigenvalue weighted by atomic mass is 15.2. The maximum atomic E-state index is 5.30. The van der Waals surface area contributed by atoms with Crippen LogP contribution in [0.15, 0.2) is 30.3 Å². The average molecular weight is 173 g/mol. The van der Waals surface area contributed by atoms with Crippen molar-refractivity contribution in [2.45, 2.75) is 6.92 Å². The van der Waals surface area contributed by atoms with Crippen LogP contribution < -0.4 is 11.3 Å². The number of nitrogen functional groups attached to an aromatic ring is 1. The van der Waals surface area contributed by atoms with Gasteiger partial charge in [-0.2, -0.15) is 0 Å². The zero-order chi connectivity index (χ0) is 9.26. The molecule has 2 rings (SSSR count). The third-order valence-electron chi connectivity index (χ3n) is 2.07.